The minimum absolute atomic E-state index is 0.00775. The number of rotatable bonds is 4. The van der Waals surface area contributed by atoms with E-state index in [2.05, 4.69) is 5.32 Å². The van der Waals surface area contributed by atoms with Crippen LogP contribution < -0.4 is 5.32 Å². The van der Waals surface area contributed by atoms with Gasteiger partial charge in [-0.05, 0) is 62.3 Å². The first kappa shape index (κ1) is 29.7. The van der Waals surface area contributed by atoms with Crippen LogP contribution in [0.4, 0.5) is 9.59 Å². The van der Waals surface area contributed by atoms with Gasteiger partial charge in [0.2, 0.25) is 5.91 Å². The molecule has 0 aromatic heterocycles. The van der Waals surface area contributed by atoms with Gasteiger partial charge in [-0.1, -0.05) is 0 Å². The fourth-order valence-electron chi connectivity index (χ4n) is 1.68. The average Bonchev–Trinajstić information content (AvgIpc) is 2.41. The van der Waals surface area contributed by atoms with Crippen molar-refractivity contribution in [3.8, 4) is 0 Å². The third-order valence-electron chi connectivity index (χ3n) is 2.68. The van der Waals surface area contributed by atoms with Gasteiger partial charge in [-0.15, -0.1) is 0 Å². The Balaban J connectivity index is 0. The molecule has 176 valence electrons. The first-order valence-corrected chi connectivity index (χ1v) is 9.54. The molecule has 0 rings (SSSR count). The lowest BCUT2D eigenvalue weighted by atomic mass is 10.1. The van der Waals surface area contributed by atoms with Crippen LogP contribution in [-0.4, -0.2) is 82.9 Å². The summed E-state index contributed by atoms with van der Waals surface area (Å²) in [6.07, 6.45) is -1.13. The van der Waals surface area contributed by atoms with E-state index in [1.54, 1.807) is 41.5 Å². The number of nitrogens with one attached hydrogen (secondary N) is 1. The van der Waals surface area contributed by atoms with Crippen LogP contribution in [0.15, 0.2) is 0 Å². The number of aliphatic carboxylic acids is 1. The number of nitrogens with zero attached hydrogens (tertiary/aromatic N) is 2. The molecule has 0 spiro atoms. The van der Waals surface area contributed by atoms with Crippen LogP contribution in [0.1, 0.15) is 62.3 Å². The largest absolute Gasteiger partial charge is 0.480 e. The highest BCUT2D eigenvalue weighted by atomic mass is 16.6. The van der Waals surface area contributed by atoms with Gasteiger partial charge in [-0.25, -0.2) is 9.59 Å². The first-order chi connectivity index (χ1) is 13.1. The van der Waals surface area contributed by atoms with Crippen molar-refractivity contribution in [1.29, 1.82) is 0 Å². The molecule has 30 heavy (non-hydrogen) atoms. The summed E-state index contributed by atoms with van der Waals surface area (Å²) in [7, 11) is 2.92. The maximum Gasteiger partial charge on any atom is 0.410 e. The van der Waals surface area contributed by atoms with Crippen molar-refractivity contribution >= 4 is 24.1 Å². The standard InChI is InChI=1S/C12H24N2O3.C8H15NO4/c1-11(2,3)13-9(15)8-14(7)10(16)17-12(4,5)6;1-8(2,3)13-7(12)9(4)5-6(10)11/h8H2,1-7H3,(H,13,15);5H2,1-4H3,(H,10,11). The van der Waals surface area contributed by atoms with Gasteiger partial charge in [0.1, 0.15) is 24.3 Å². The number of amides is 3. The molecule has 10 heteroatoms. The molecule has 2 N–H and O–H groups in total. The Labute approximate surface area is 179 Å². The molecule has 0 aromatic rings. The molecule has 0 saturated carbocycles. The highest BCUT2D eigenvalue weighted by Crippen LogP contribution is 2.09. The van der Waals surface area contributed by atoms with Gasteiger partial charge >= 0.3 is 18.2 Å². The van der Waals surface area contributed by atoms with Gasteiger partial charge in [0, 0.05) is 19.6 Å². The zero-order valence-electron chi connectivity index (χ0n) is 20.2. The van der Waals surface area contributed by atoms with Crippen molar-refractivity contribution in [3.05, 3.63) is 0 Å². The second kappa shape index (κ2) is 11.6. The van der Waals surface area contributed by atoms with Crippen LogP contribution in [0.25, 0.3) is 0 Å². The molecule has 0 aliphatic carbocycles. The van der Waals surface area contributed by atoms with E-state index in [1.165, 1.54) is 19.0 Å². The highest BCUT2D eigenvalue weighted by Gasteiger charge is 2.23. The van der Waals surface area contributed by atoms with Crippen molar-refractivity contribution in [3.63, 3.8) is 0 Å². The van der Waals surface area contributed by atoms with Gasteiger partial charge in [0.15, 0.2) is 0 Å². The molecule has 10 nitrogen and oxygen atoms in total. The van der Waals surface area contributed by atoms with Crippen LogP contribution in [0.3, 0.4) is 0 Å². The van der Waals surface area contributed by atoms with Crippen LogP contribution in [0.2, 0.25) is 0 Å². The lowest BCUT2D eigenvalue weighted by Gasteiger charge is -2.26. The SMILES string of the molecule is CN(CC(=O)NC(C)(C)C)C(=O)OC(C)(C)C.CN(CC(=O)O)C(=O)OC(C)(C)C. The molecule has 0 fully saturated rings. The van der Waals surface area contributed by atoms with Crippen LogP contribution in [-0.2, 0) is 19.1 Å². The Morgan fingerprint density at radius 3 is 1.33 bits per heavy atom. The number of carboxylic acid groups (broad SMARTS) is 1. The summed E-state index contributed by atoms with van der Waals surface area (Å²) in [5.74, 6) is -1.26. The summed E-state index contributed by atoms with van der Waals surface area (Å²) < 4.78 is 10.1. The van der Waals surface area contributed by atoms with Crippen molar-refractivity contribution in [1.82, 2.24) is 15.1 Å². The molecule has 3 amide bonds. The monoisotopic (exact) mass is 433 g/mol. The Kier molecular flexibility index (Phi) is 11.5. The second-order valence-electron chi connectivity index (χ2n) is 9.86. The van der Waals surface area contributed by atoms with Gasteiger partial charge in [0.05, 0.1) is 0 Å². The quantitative estimate of drug-likeness (QED) is 0.698. The topological polar surface area (TPSA) is 125 Å². The van der Waals surface area contributed by atoms with Crippen LogP contribution >= 0.6 is 0 Å². The average molecular weight is 434 g/mol. The van der Waals surface area contributed by atoms with E-state index >= 15 is 0 Å². The van der Waals surface area contributed by atoms with E-state index < -0.39 is 29.4 Å². The van der Waals surface area contributed by atoms with E-state index in [9.17, 15) is 19.2 Å². The molecule has 0 unspecified atom stereocenters. The molecule has 0 atom stereocenters. The number of carboxylic acids is 1. The minimum atomic E-state index is -1.06. The molecule has 0 aromatic carbocycles. The van der Waals surface area contributed by atoms with Crippen molar-refractivity contribution in [2.45, 2.75) is 79.1 Å². The van der Waals surface area contributed by atoms with E-state index in [-0.39, 0.29) is 24.5 Å². The lowest BCUT2D eigenvalue weighted by Crippen LogP contribution is -2.47. The maximum atomic E-state index is 11.6. The number of hydrogen-bond acceptors (Lipinski definition) is 6. The normalized spacial score (nSPS) is 11.4. The zero-order valence-corrected chi connectivity index (χ0v) is 20.2. The van der Waals surface area contributed by atoms with Crippen LogP contribution in [0.5, 0.6) is 0 Å². The highest BCUT2D eigenvalue weighted by molar-refractivity contribution is 5.82. The summed E-state index contributed by atoms with van der Waals surface area (Å²) in [6, 6.07) is 0. The Morgan fingerprint density at radius 2 is 1.07 bits per heavy atom. The van der Waals surface area contributed by atoms with Gasteiger partial charge in [-0.3, -0.25) is 9.59 Å². The van der Waals surface area contributed by atoms with Gasteiger partial charge in [-0.2, -0.15) is 0 Å². The van der Waals surface area contributed by atoms with E-state index in [4.69, 9.17) is 14.6 Å². The minimum Gasteiger partial charge on any atom is -0.480 e. The molecule has 0 saturated heterocycles. The number of carbonyl (C=O) groups excluding carboxylic acids is 3. The Hall–Kier alpha value is -2.52. The summed E-state index contributed by atoms with van der Waals surface area (Å²) >= 11 is 0. The maximum absolute atomic E-state index is 11.6. The lowest BCUT2D eigenvalue weighted by molar-refractivity contribution is -0.138. The Morgan fingerprint density at radius 1 is 0.733 bits per heavy atom. The number of likely N-dealkylation sites (N-methyl/N-ethyl adjacent to an activating group) is 2. The number of hydrogen-bond donors (Lipinski definition) is 2. The molecular weight excluding hydrogens is 394 g/mol. The van der Waals surface area contributed by atoms with E-state index in [0.717, 1.165) is 4.90 Å². The molecule has 0 aliphatic rings. The van der Waals surface area contributed by atoms with Gasteiger partial charge < -0.3 is 29.7 Å². The van der Waals surface area contributed by atoms with Gasteiger partial charge in [0.25, 0.3) is 0 Å². The molecule has 0 bridgehead atoms. The smallest absolute Gasteiger partial charge is 0.410 e. The summed E-state index contributed by atoms with van der Waals surface area (Å²) in [5, 5.41) is 11.2. The van der Waals surface area contributed by atoms with Crippen LogP contribution in [0, 0.1) is 0 Å². The zero-order chi connectivity index (χ0) is 24.5. The van der Waals surface area contributed by atoms with Crippen molar-refractivity contribution in [2.24, 2.45) is 0 Å². The number of carbonyl (C=O) groups is 4. The fourth-order valence-corrected chi connectivity index (χ4v) is 1.68. The predicted molar refractivity (Wildman–Crippen MR) is 113 cm³/mol. The Bertz CT molecular complexity index is 599. The fraction of sp³-hybridized carbons (Fsp3) is 0.800. The molecule has 0 radical (unpaired) electrons. The summed E-state index contributed by atoms with van der Waals surface area (Å²) in [6.45, 7) is 15.8. The third kappa shape index (κ3) is 18.8. The molecular formula is C20H39N3O7. The molecule has 0 aliphatic heterocycles. The molecule has 0 heterocycles. The van der Waals surface area contributed by atoms with E-state index in [1.807, 2.05) is 20.8 Å². The predicted octanol–water partition coefficient (Wildman–Crippen LogP) is 2.71. The third-order valence-corrected chi connectivity index (χ3v) is 2.68. The number of ether oxygens (including phenoxy) is 2. The van der Waals surface area contributed by atoms with Crippen molar-refractivity contribution < 1.29 is 33.8 Å². The van der Waals surface area contributed by atoms with Crippen molar-refractivity contribution in [2.75, 3.05) is 27.2 Å². The van der Waals surface area contributed by atoms with E-state index in [0.29, 0.717) is 0 Å². The first-order valence-electron chi connectivity index (χ1n) is 9.54. The summed E-state index contributed by atoms with van der Waals surface area (Å²) in [5.41, 5.74) is -1.44. The second-order valence-corrected chi connectivity index (χ2v) is 9.86. The summed E-state index contributed by atoms with van der Waals surface area (Å²) in [4.78, 5) is 46.8.